The van der Waals surface area contributed by atoms with Crippen molar-refractivity contribution < 1.29 is 8.42 Å². The lowest BCUT2D eigenvalue weighted by Crippen LogP contribution is -2.31. The molecule has 0 heterocycles. The smallest absolute Gasteiger partial charge is 0.240 e. The summed E-state index contributed by atoms with van der Waals surface area (Å²) in [5.74, 6) is 0. The Labute approximate surface area is 123 Å². The Hall–Kier alpha value is -1.07. The minimum absolute atomic E-state index is 0.00528. The lowest BCUT2D eigenvalue weighted by molar-refractivity contribution is 0.511. The summed E-state index contributed by atoms with van der Waals surface area (Å²) in [5.41, 5.74) is 0.942. The molecule has 1 aromatic carbocycles. The zero-order valence-corrected chi connectivity index (χ0v) is 13.8. The van der Waals surface area contributed by atoms with Gasteiger partial charge in [-0.2, -0.15) is 0 Å². The first-order valence-corrected chi connectivity index (χ1v) is 8.55. The van der Waals surface area contributed by atoms with Crippen molar-refractivity contribution in [1.82, 2.24) is 4.72 Å². The van der Waals surface area contributed by atoms with Crippen molar-refractivity contribution in [2.75, 3.05) is 5.32 Å². The monoisotopic (exact) mass is 298 g/mol. The van der Waals surface area contributed by atoms with E-state index in [4.69, 9.17) is 0 Å². The predicted octanol–water partition coefficient (Wildman–Crippen LogP) is 3.36. The van der Waals surface area contributed by atoms with E-state index in [9.17, 15) is 8.42 Å². The summed E-state index contributed by atoms with van der Waals surface area (Å²) in [4.78, 5) is 0.296. The van der Waals surface area contributed by atoms with E-state index >= 15 is 0 Å². The average Bonchev–Trinajstić information content (AvgIpc) is 2.27. The molecule has 0 saturated heterocycles. The number of benzene rings is 1. The van der Waals surface area contributed by atoms with Crippen LogP contribution < -0.4 is 10.0 Å². The standard InChI is InChI=1S/C15H26N2O2S/c1-6-11-15(4,5)16-13-7-9-14(10-8-13)20(18,19)17-12(2)3/h7-10,12,16-17H,6,11H2,1-5H3. The van der Waals surface area contributed by atoms with Crippen LogP contribution in [-0.2, 0) is 10.0 Å². The van der Waals surface area contributed by atoms with Crippen LogP contribution >= 0.6 is 0 Å². The van der Waals surface area contributed by atoms with Gasteiger partial charge in [0.1, 0.15) is 0 Å². The van der Waals surface area contributed by atoms with Crippen molar-refractivity contribution in [3.8, 4) is 0 Å². The van der Waals surface area contributed by atoms with Crippen LogP contribution in [0.5, 0.6) is 0 Å². The molecule has 0 saturated carbocycles. The van der Waals surface area contributed by atoms with E-state index in [1.165, 1.54) is 0 Å². The van der Waals surface area contributed by atoms with Gasteiger partial charge in [0, 0.05) is 17.3 Å². The van der Waals surface area contributed by atoms with E-state index in [1.807, 2.05) is 12.1 Å². The van der Waals surface area contributed by atoms with Gasteiger partial charge in [-0.25, -0.2) is 13.1 Å². The molecule has 0 atom stereocenters. The van der Waals surface area contributed by atoms with E-state index in [2.05, 4.69) is 30.8 Å². The van der Waals surface area contributed by atoms with Crippen LogP contribution in [0.2, 0.25) is 0 Å². The van der Waals surface area contributed by atoms with Crippen LogP contribution in [0.4, 0.5) is 5.69 Å². The minimum atomic E-state index is -3.41. The second kappa shape index (κ2) is 6.59. The van der Waals surface area contributed by atoms with E-state index < -0.39 is 10.0 Å². The normalized spacial score (nSPS) is 12.7. The number of nitrogens with one attached hydrogen (secondary N) is 2. The molecule has 0 aliphatic heterocycles. The van der Waals surface area contributed by atoms with Gasteiger partial charge in [-0.05, 0) is 58.4 Å². The quantitative estimate of drug-likeness (QED) is 0.811. The zero-order valence-electron chi connectivity index (χ0n) is 13.0. The third-order valence-electron chi connectivity index (χ3n) is 2.91. The van der Waals surface area contributed by atoms with Gasteiger partial charge < -0.3 is 5.32 Å². The first-order valence-electron chi connectivity index (χ1n) is 7.07. The lowest BCUT2D eigenvalue weighted by atomic mass is 9.98. The van der Waals surface area contributed by atoms with Crippen molar-refractivity contribution >= 4 is 15.7 Å². The molecule has 0 unspecified atom stereocenters. The molecule has 0 aromatic heterocycles. The molecule has 114 valence electrons. The summed E-state index contributed by atoms with van der Waals surface area (Å²) in [5, 5.41) is 3.42. The molecule has 0 fully saturated rings. The van der Waals surface area contributed by atoms with Gasteiger partial charge >= 0.3 is 0 Å². The molecule has 2 N–H and O–H groups in total. The average molecular weight is 298 g/mol. The molecule has 5 heteroatoms. The van der Waals surface area contributed by atoms with Crippen LogP contribution in [-0.4, -0.2) is 20.0 Å². The van der Waals surface area contributed by atoms with Crippen LogP contribution in [0.3, 0.4) is 0 Å². The van der Waals surface area contributed by atoms with Gasteiger partial charge in [0.05, 0.1) is 4.90 Å². The summed E-state index contributed by atoms with van der Waals surface area (Å²) in [6, 6.07) is 6.78. The van der Waals surface area contributed by atoms with Gasteiger partial charge in [0.25, 0.3) is 0 Å². The van der Waals surface area contributed by atoms with Crippen molar-refractivity contribution in [1.29, 1.82) is 0 Å². The fourth-order valence-corrected chi connectivity index (χ4v) is 3.43. The maximum atomic E-state index is 12.0. The van der Waals surface area contributed by atoms with Crippen molar-refractivity contribution in [3.63, 3.8) is 0 Å². The number of sulfonamides is 1. The van der Waals surface area contributed by atoms with Crippen LogP contribution in [0, 0.1) is 0 Å². The largest absolute Gasteiger partial charge is 0.380 e. The Morgan fingerprint density at radius 3 is 2.15 bits per heavy atom. The molecule has 20 heavy (non-hydrogen) atoms. The summed E-state index contributed by atoms with van der Waals surface area (Å²) >= 11 is 0. The highest BCUT2D eigenvalue weighted by Crippen LogP contribution is 2.21. The summed E-state index contributed by atoms with van der Waals surface area (Å²) in [7, 11) is -3.41. The van der Waals surface area contributed by atoms with Gasteiger partial charge in [-0.3, -0.25) is 0 Å². The molecule has 0 aliphatic carbocycles. The van der Waals surface area contributed by atoms with Crippen molar-refractivity contribution in [3.05, 3.63) is 24.3 Å². The Kier molecular flexibility index (Phi) is 5.59. The SMILES string of the molecule is CCCC(C)(C)Nc1ccc(S(=O)(=O)NC(C)C)cc1. The van der Waals surface area contributed by atoms with E-state index in [1.54, 1.807) is 26.0 Å². The topological polar surface area (TPSA) is 58.2 Å². The highest BCUT2D eigenvalue weighted by molar-refractivity contribution is 7.89. The lowest BCUT2D eigenvalue weighted by Gasteiger charge is -2.27. The first-order chi connectivity index (χ1) is 9.16. The number of anilines is 1. The van der Waals surface area contributed by atoms with E-state index in [0.717, 1.165) is 18.5 Å². The Morgan fingerprint density at radius 2 is 1.70 bits per heavy atom. The van der Waals surface area contributed by atoms with Crippen molar-refractivity contribution in [2.45, 2.75) is 63.9 Å². The molecule has 0 bridgehead atoms. The highest BCUT2D eigenvalue weighted by Gasteiger charge is 2.18. The van der Waals surface area contributed by atoms with E-state index in [-0.39, 0.29) is 11.6 Å². The molecule has 0 spiro atoms. The fourth-order valence-electron chi connectivity index (χ4n) is 2.17. The number of hydrogen-bond acceptors (Lipinski definition) is 3. The van der Waals surface area contributed by atoms with Gasteiger partial charge in [-0.15, -0.1) is 0 Å². The predicted molar refractivity (Wildman–Crippen MR) is 84.5 cm³/mol. The molecule has 4 nitrogen and oxygen atoms in total. The molecule has 1 rings (SSSR count). The second-order valence-electron chi connectivity index (χ2n) is 6.06. The molecule has 0 aliphatic rings. The maximum Gasteiger partial charge on any atom is 0.240 e. The summed E-state index contributed by atoms with van der Waals surface area (Å²) in [6.07, 6.45) is 2.16. The van der Waals surface area contributed by atoms with Crippen molar-refractivity contribution in [2.24, 2.45) is 0 Å². The van der Waals surface area contributed by atoms with E-state index in [0.29, 0.717) is 4.90 Å². The van der Waals surface area contributed by atoms with Gasteiger partial charge in [0.15, 0.2) is 0 Å². The molecular weight excluding hydrogens is 272 g/mol. The maximum absolute atomic E-state index is 12.0. The fraction of sp³-hybridized carbons (Fsp3) is 0.600. The Balaban J connectivity index is 2.84. The highest BCUT2D eigenvalue weighted by atomic mass is 32.2. The number of rotatable bonds is 7. The Bertz CT molecular complexity index is 519. The minimum Gasteiger partial charge on any atom is -0.380 e. The third kappa shape index (κ3) is 5.13. The summed E-state index contributed by atoms with van der Waals surface area (Å²) in [6.45, 7) is 10.0. The molecule has 0 amide bonds. The molecule has 0 radical (unpaired) electrons. The summed E-state index contributed by atoms with van der Waals surface area (Å²) < 4.78 is 26.6. The first kappa shape index (κ1) is 17.0. The molecule has 1 aromatic rings. The van der Waals surface area contributed by atoms with Crippen LogP contribution in [0.25, 0.3) is 0 Å². The number of hydrogen-bond donors (Lipinski definition) is 2. The Morgan fingerprint density at radius 1 is 1.15 bits per heavy atom. The van der Waals surface area contributed by atoms with Gasteiger partial charge in [0.2, 0.25) is 10.0 Å². The van der Waals surface area contributed by atoms with Crippen LogP contribution in [0.15, 0.2) is 29.2 Å². The van der Waals surface area contributed by atoms with Crippen LogP contribution in [0.1, 0.15) is 47.5 Å². The second-order valence-corrected chi connectivity index (χ2v) is 7.77. The zero-order chi connectivity index (χ0) is 15.4. The molecular formula is C15H26N2O2S. The van der Waals surface area contributed by atoms with Gasteiger partial charge in [-0.1, -0.05) is 13.3 Å². The third-order valence-corrected chi connectivity index (χ3v) is 4.59.